The van der Waals surface area contributed by atoms with Crippen molar-refractivity contribution in [3.63, 3.8) is 0 Å². The van der Waals surface area contributed by atoms with E-state index in [1.54, 1.807) is 41.5 Å². The lowest BCUT2D eigenvalue weighted by Gasteiger charge is -2.36. The minimum Gasteiger partial charge on any atom is -0.480 e. The Morgan fingerprint density at radius 3 is 1.92 bits per heavy atom. The van der Waals surface area contributed by atoms with E-state index in [1.807, 2.05) is 0 Å². The second-order valence-electron chi connectivity index (χ2n) is 12.4. The van der Waals surface area contributed by atoms with Crippen molar-refractivity contribution in [1.82, 2.24) is 20.9 Å². The molecule has 0 aromatic heterocycles. The van der Waals surface area contributed by atoms with Gasteiger partial charge in [0.05, 0.1) is 11.4 Å². The van der Waals surface area contributed by atoms with Gasteiger partial charge in [0.25, 0.3) is 5.91 Å². The number of carboxylic acids is 1. The molecule has 38 heavy (non-hydrogen) atoms. The SMILES string of the molecule is CC(C)(C)C(NC(=O)N[C@H](C(=O)N1C[C@H](Cl)C[C@H]1C(=O)NC(CC1CC1)C(=O)C(N)=O)C(C)(C)C)C(=O)O. The van der Waals surface area contributed by atoms with Crippen LogP contribution in [0.1, 0.15) is 67.2 Å². The zero-order valence-electron chi connectivity index (χ0n) is 22.8. The van der Waals surface area contributed by atoms with Crippen LogP contribution in [0.4, 0.5) is 4.79 Å². The lowest BCUT2D eigenvalue weighted by Crippen LogP contribution is -2.61. The number of aliphatic carboxylic acids is 1. The molecule has 1 aliphatic carbocycles. The number of Topliss-reactive ketones (excluding diaryl/α,β-unsaturated/α-hetero) is 1. The highest BCUT2D eigenvalue weighted by Crippen LogP contribution is 2.34. The standard InChI is InChI=1S/C25H40ClN5O7/c1-24(2,3)17(29-23(38)30-18(22(36)37)25(4,5)6)21(35)31-11-13(26)10-15(31)20(34)28-14(9-12-7-8-12)16(32)19(27)33/h12-15,17-18H,7-11H2,1-6H3,(H2,27,33)(H,28,34)(H,36,37)(H2,29,30,38)/t13-,14?,15+,17-,18?/m1/s1. The summed E-state index contributed by atoms with van der Waals surface area (Å²) >= 11 is 6.33. The van der Waals surface area contributed by atoms with Crippen LogP contribution < -0.4 is 21.7 Å². The number of nitrogens with zero attached hydrogens (tertiary/aromatic N) is 1. The van der Waals surface area contributed by atoms with Crippen molar-refractivity contribution in [3.8, 4) is 0 Å². The molecule has 0 aromatic rings. The number of rotatable bonds is 10. The third kappa shape index (κ3) is 8.31. The number of likely N-dealkylation sites (tertiary alicyclic amines) is 1. The molecule has 2 rings (SSSR count). The van der Waals surface area contributed by atoms with Gasteiger partial charge in [-0.15, -0.1) is 11.6 Å². The smallest absolute Gasteiger partial charge is 0.326 e. The molecule has 1 saturated carbocycles. The van der Waals surface area contributed by atoms with Gasteiger partial charge in [-0.1, -0.05) is 54.4 Å². The summed E-state index contributed by atoms with van der Waals surface area (Å²) in [7, 11) is 0. The van der Waals surface area contributed by atoms with Crippen LogP contribution in [0.3, 0.4) is 0 Å². The van der Waals surface area contributed by atoms with Gasteiger partial charge in [0.1, 0.15) is 18.1 Å². The van der Waals surface area contributed by atoms with Crippen molar-refractivity contribution in [2.45, 2.75) is 96.8 Å². The lowest BCUT2D eigenvalue weighted by molar-refractivity contribution is -0.143. The zero-order chi connectivity index (χ0) is 29.2. The number of halogens is 1. The molecule has 2 unspecified atom stereocenters. The number of primary amides is 1. The van der Waals surface area contributed by atoms with E-state index in [9.17, 15) is 33.9 Å². The largest absolute Gasteiger partial charge is 0.480 e. The quantitative estimate of drug-likeness (QED) is 0.193. The second-order valence-corrected chi connectivity index (χ2v) is 13.0. The highest BCUT2D eigenvalue weighted by molar-refractivity contribution is 6.37. The Labute approximate surface area is 227 Å². The predicted molar refractivity (Wildman–Crippen MR) is 139 cm³/mol. The molecule has 13 heteroatoms. The van der Waals surface area contributed by atoms with Crippen molar-refractivity contribution in [1.29, 1.82) is 0 Å². The van der Waals surface area contributed by atoms with Crippen LogP contribution in [0, 0.1) is 16.7 Å². The molecule has 0 radical (unpaired) electrons. The molecule has 0 aromatic carbocycles. The highest BCUT2D eigenvalue weighted by atomic mass is 35.5. The topological polar surface area (TPSA) is 188 Å². The number of carbonyl (C=O) groups excluding carboxylic acids is 5. The fourth-order valence-corrected chi connectivity index (χ4v) is 4.72. The maximum absolute atomic E-state index is 13.7. The van der Waals surface area contributed by atoms with E-state index < -0.39 is 75.9 Å². The van der Waals surface area contributed by atoms with E-state index in [0.29, 0.717) is 0 Å². The third-order valence-electron chi connectivity index (χ3n) is 6.75. The minimum atomic E-state index is -1.22. The van der Waals surface area contributed by atoms with Gasteiger partial charge in [0.2, 0.25) is 17.6 Å². The second kappa shape index (κ2) is 11.9. The van der Waals surface area contributed by atoms with Crippen LogP contribution >= 0.6 is 11.6 Å². The summed E-state index contributed by atoms with van der Waals surface area (Å²) in [6.07, 6.45) is 2.15. The Kier molecular flexibility index (Phi) is 9.79. The van der Waals surface area contributed by atoms with Crippen molar-refractivity contribution >= 4 is 47.1 Å². The summed E-state index contributed by atoms with van der Waals surface area (Å²) in [5.74, 6) is -4.29. The molecule has 1 aliphatic heterocycles. The van der Waals surface area contributed by atoms with Crippen LogP contribution in [0.5, 0.6) is 0 Å². The van der Waals surface area contributed by atoms with Gasteiger partial charge in [0, 0.05) is 6.54 Å². The van der Waals surface area contributed by atoms with Gasteiger partial charge in [-0.3, -0.25) is 19.2 Å². The monoisotopic (exact) mass is 557 g/mol. The molecule has 5 amide bonds. The van der Waals surface area contributed by atoms with E-state index in [-0.39, 0.29) is 25.3 Å². The number of nitrogens with two attached hydrogens (primary N) is 1. The summed E-state index contributed by atoms with van der Waals surface area (Å²) in [5.41, 5.74) is 3.54. The Hall–Kier alpha value is -2.89. The van der Waals surface area contributed by atoms with E-state index in [4.69, 9.17) is 17.3 Å². The van der Waals surface area contributed by atoms with Crippen molar-refractivity contribution in [3.05, 3.63) is 0 Å². The summed E-state index contributed by atoms with van der Waals surface area (Å²) in [5, 5.41) is 16.5. The molecular formula is C25H40ClN5O7. The predicted octanol–water partition coefficient (Wildman–Crippen LogP) is 0.747. The number of ketones is 1. The van der Waals surface area contributed by atoms with Crippen LogP contribution in [0.25, 0.3) is 0 Å². The first-order valence-corrected chi connectivity index (χ1v) is 13.1. The first-order valence-electron chi connectivity index (χ1n) is 12.7. The summed E-state index contributed by atoms with van der Waals surface area (Å²) in [4.78, 5) is 76.5. The fraction of sp³-hybridized carbons (Fsp3) is 0.760. The Bertz CT molecular complexity index is 970. The summed E-state index contributed by atoms with van der Waals surface area (Å²) in [6, 6.07) is -5.33. The highest BCUT2D eigenvalue weighted by Gasteiger charge is 2.46. The van der Waals surface area contributed by atoms with Crippen molar-refractivity contribution < 1.29 is 33.9 Å². The van der Waals surface area contributed by atoms with Gasteiger partial charge >= 0.3 is 12.0 Å². The molecule has 2 aliphatic rings. The molecule has 214 valence electrons. The van der Waals surface area contributed by atoms with E-state index >= 15 is 0 Å². The average Bonchev–Trinajstić information content (AvgIpc) is 3.50. The van der Waals surface area contributed by atoms with Gasteiger partial charge < -0.3 is 31.7 Å². The number of alkyl halides is 1. The number of amides is 5. The molecule has 2 fully saturated rings. The summed E-state index contributed by atoms with van der Waals surface area (Å²) in [6.45, 7) is 10.1. The van der Waals surface area contributed by atoms with Crippen LogP contribution in [-0.4, -0.2) is 81.6 Å². The van der Waals surface area contributed by atoms with Crippen LogP contribution in [-0.2, 0) is 24.0 Å². The van der Waals surface area contributed by atoms with Gasteiger partial charge in [-0.2, -0.15) is 0 Å². The fourth-order valence-electron chi connectivity index (χ4n) is 4.40. The Morgan fingerprint density at radius 2 is 1.47 bits per heavy atom. The van der Waals surface area contributed by atoms with E-state index in [0.717, 1.165) is 12.8 Å². The Morgan fingerprint density at radius 1 is 0.947 bits per heavy atom. The van der Waals surface area contributed by atoms with Gasteiger partial charge in [-0.05, 0) is 29.6 Å². The number of hydrogen-bond acceptors (Lipinski definition) is 6. The first kappa shape index (κ1) is 31.3. The maximum Gasteiger partial charge on any atom is 0.326 e. The van der Waals surface area contributed by atoms with Crippen molar-refractivity contribution in [2.24, 2.45) is 22.5 Å². The summed E-state index contributed by atoms with van der Waals surface area (Å²) < 4.78 is 0. The molecule has 1 heterocycles. The number of carbonyl (C=O) groups is 6. The molecule has 12 nitrogen and oxygen atoms in total. The molecule has 0 bridgehead atoms. The molecule has 5 atom stereocenters. The molecular weight excluding hydrogens is 518 g/mol. The van der Waals surface area contributed by atoms with Crippen molar-refractivity contribution in [2.75, 3.05) is 6.54 Å². The average molecular weight is 558 g/mol. The molecule has 1 saturated heterocycles. The van der Waals surface area contributed by atoms with Crippen LogP contribution in [0.15, 0.2) is 0 Å². The maximum atomic E-state index is 13.7. The lowest BCUT2D eigenvalue weighted by atomic mass is 9.85. The number of nitrogens with one attached hydrogen (secondary N) is 3. The van der Waals surface area contributed by atoms with Gasteiger partial charge in [-0.25, -0.2) is 9.59 Å². The third-order valence-corrected chi connectivity index (χ3v) is 7.07. The molecule has 0 spiro atoms. The van der Waals surface area contributed by atoms with Gasteiger partial charge in [0.15, 0.2) is 0 Å². The number of hydrogen-bond donors (Lipinski definition) is 5. The normalized spacial score (nSPS) is 22.1. The van der Waals surface area contributed by atoms with E-state index in [2.05, 4.69) is 16.0 Å². The van der Waals surface area contributed by atoms with E-state index in [1.165, 1.54) is 4.90 Å². The zero-order valence-corrected chi connectivity index (χ0v) is 23.6. The minimum absolute atomic E-state index is 0.0190. The molecule has 6 N–H and O–H groups in total. The van der Waals surface area contributed by atoms with Crippen LogP contribution in [0.2, 0.25) is 0 Å². The number of carboxylic acid groups (broad SMARTS) is 1. The first-order chi connectivity index (χ1) is 17.3. The number of urea groups is 1. The Balaban J connectivity index is 2.23.